The van der Waals surface area contributed by atoms with Crippen molar-refractivity contribution in [3.05, 3.63) is 55.6 Å². The third kappa shape index (κ3) is 5.45. The van der Waals surface area contributed by atoms with Crippen LogP contribution in [0.3, 0.4) is 0 Å². The Morgan fingerprint density at radius 3 is 0.696 bits per heavy atom. The van der Waals surface area contributed by atoms with E-state index in [0.717, 1.165) is 0 Å². The van der Waals surface area contributed by atoms with Crippen LogP contribution in [0.5, 0.6) is 0 Å². The third-order valence-corrected chi connectivity index (χ3v) is 5.62. The monoisotopic (exact) mass is 443 g/mol. The molecule has 3 heteroatoms. The molecule has 2 aromatic carbocycles. The van der Waals surface area contributed by atoms with Gasteiger partial charge in [0.15, 0.2) is 0 Å². The summed E-state index contributed by atoms with van der Waals surface area (Å²) in [6.45, 7) is 22.0. The summed E-state index contributed by atoms with van der Waals surface area (Å²) in [7, 11) is 9.67. The van der Waals surface area contributed by atoms with E-state index in [2.05, 4.69) is 69.2 Å². The van der Waals surface area contributed by atoms with Gasteiger partial charge in [0.2, 0.25) is 0 Å². The Hall–Kier alpha value is -0.0966. The zero-order valence-electron chi connectivity index (χ0n) is 16.1. The molecular weight excluding hydrogens is 414 g/mol. The third-order valence-electron chi connectivity index (χ3n) is 5.62. The van der Waals surface area contributed by atoms with Gasteiger partial charge in [0.05, 0.1) is 0 Å². The average molecular weight is 444 g/mol. The van der Waals surface area contributed by atoms with Crippen LogP contribution in [0.1, 0.15) is 55.6 Å². The maximum absolute atomic E-state index is 4.83. The average Bonchev–Trinajstić information content (AvgIpc) is 2.80. The topological polar surface area (TPSA) is 0 Å². The first-order valence-corrected chi connectivity index (χ1v) is 12.0. The van der Waals surface area contributed by atoms with Gasteiger partial charge >= 0.3 is 34.5 Å². The molecule has 0 bridgehead atoms. The summed E-state index contributed by atoms with van der Waals surface area (Å²) in [6, 6.07) is 0. The molecule has 0 N–H and O–H groups in total. The molecule has 0 aliphatic heterocycles. The van der Waals surface area contributed by atoms with Crippen LogP contribution in [0.15, 0.2) is 0 Å². The zero-order chi connectivity index (χ0) is 18.5. The first kappa shape index (κ1) is 22.9. The van der Waals surface area contributed by atoms with Gasteiger partial charge in [-0.2, -0.15) is 55.6 Å². The Labute approximate surface area is 159 Å². The van der Waals surface area contributed by atoms with Gasteiger partial charge in [-0.25, -0.2) is 0 Å². The molecule has 0 aliphatic carbocycles. The van der Waals surface area contributed by atoms with Gasteiger partial charge in [0.1, 0.15) is 0 Å². The van der Waals surface area contributed by atoms with Gasteiger partial charge in [-0.15, -0.1) is 0 Å². The molecule has 0 heterocycles. The van der Waals surface area contributed by atoms with E-state index < -0.39 is 0 Å². The molecule has 0 saturated heterocycles. The van der Waals surface area contributed by atoms with E-state index in [9.17, 15) is 0 Å². The summed E-state index contributed by atoms with van der Waals surface area (Å²) in [6.07, 6.45) is 0. The fraction of sp³-hybridized carbons (Fsp3) is 0.500. The second-order valence-electron chi connectivity index (χ2n) is 6.30. The van der Waals surface area contributed by atoms with Crippen molar-refractivity contribution < 1.29 is 15.1 Å². The van der Waals surface area contributed by atoms with Gasteiger partial charge in [-0.1, -0.05) is 69.2 Å². The summed E-state index contributed by atoms with van der Waals surface area (Å²) in [4.78, 5) is 0. The molecule has 2 rings (SSSR count). The van der Waals surface area contributed by atoms with Crippen LogP contribution in [-0.2, 0) is 15.1 Å². The summed E-state index contributed by atoms with van der Waals surface area (Å²) in [5.74, 6) is 0. The summed E-state index contributed by atoms with van der Waals surface area (Å²) in [5, 5.41) is 0. The van der Waals surface area contributed by atoms with Crippen LogP contribution in [0, 0.1) is 69.2 Å². The van der Waals surface area contributed by atoms with E-state index in [-0.39, 0.29) is 15.1 Å². The molecule has 2 aromatic rings. The molecule has 0 spiro atoms. The minimum atomic E-state index is -0.226. The van der Waals surface area contributed by atoms with Crippen LogP contribution in [0.2, 0.25) is 0 Å². The van der Waals surface area contributed by atoms with Crippen molar-refractivity contribution in [3.8, 4) is 0 Å². The van der Waals surface area contributed by atoms with Crippen molar-refractivity contribution in [1.29, 1.82) is 0 Å². The van der Waals surface area contributed by atoms with Crippen molar-refractivity contribution in [2.75, 3.05) is 0 Å². The fourth-order valence-corrected chi connectivity index (χ4v) is 2.81. The Morgan fingerprint density at radius 1 is 0.522 bits per heavy atom. The van der Waals surface area contributed by atoms with Crippen LogP contribution < -0.4 is 0 Å². The number of hydrogen-bond donors (Lipinski definition) is 0. The Balaban J connectivity index is 0.000000360. The molecule has 0 nitrogen and oxygen atoms in total. The van der Waals surface area contributed by atoms with Gasteiger partial charge in [0.25, 0.3) is 0 Å². The van der Waals surface area contributed by atoms with Crippen molar-refractivity contribution in [2.45, 2.75) is 69.2 Å². The predicted molar refractivity (Wildman–Crippen MR) is 103 cm³/mol. The minimum absolute atomic E-state index is 0.226. The van der Waals surface area contributed by atoms with Gasteiger partial charge in [-0.3, -0.25) is 0 Å². The summed E-state index contributed by atoms with van der Waals surface area (Å²) in [5.41, 5.74) is 14.7. The Kier molecular flexibility index (Phi) is 9.98. The quantitative estimate of drug-likeness (QED) is 0.296. The molecule has 23 heavy (non-hydrogen) atoms. The number of hydrogen-bond acceptors (Lipinski definition) is 0. The summed E-state index contributed by atoms with van der Waals surface area (Å²) >= 11 is -0.226. The Bertz CT molecular complexity index is 429. The summed E-state index contributed by atoms with van der Waals surface area (Å²) < 4.78 is 0. The number of rotatable bonds is 0. The fourth-order valence-electron chi connectivity index (χ4n) is 2.81. The predicted octanol–water partition coefficient (Wildman–Crippen LogP) is 7.27. The van der Waals surface area contributed by atoms with E-state index in [1.165, 1.54) is 55.6 Å². The second kappa shape index (κ2) is 10.0. The van der Waals surface area contributed by atoms with Gasteiger partial charge in [-0.05, 0) is 0 Å². The van der Waals surface area contributed by atoms with Crippen molar-refractivity contribution in [2.24, 2.45) is 0 Å². The van der Waals surface area contributed by atoms with Crippen LogP contribution in [0.25, 0.3) is 0 Å². The van der Waals surface area contributed by atoms with E-state index in [1.54, 1.807) is 0 Å². The van der Waals surface area contributed by atoms with Gasteiger partial charge in [0, 0.05) is 0 Å². The maximum atomic E-state index is 4.83. The molecule has 0 amide bonds. The first-order valence-electron chi connectivity index (χ1n) is 7.75. The molecule has 0 radical (unpaired) electrons. The molecule has 0 aromatic heterocycles. The number of halogens is 2. The Morgan fingerprint density at radius 2 is 0.652 bits per heavy atom. The molecule has 0 fully saturated rings. The molecule has 0 atom stereocenters. The molecule has 0 aliphatic rings. The van der Waals surface area contributed by atoms with Crippen LogP contribution in [0.4, 0.5) is 0 Å². The van der Waals surface area contributed by atoms with E-state index >= 15 is 0 Å². The molecular formula is C20H30Cl2Rh-2. The van der Waals surface area contributed by atoms with Gasteiger partial charge < -0.3 is 0 Å². The SMILES string of the molecule is Cc1c(C)c(C)[c-](C)c1C.Cc1c(C)c(C)[c-](C)c1C.[Cl][Rh][Cl]. The normalized spacial score (nSPS) is 10.1. The van der Waals surface area contributed by atoms with Crippen molar-refractivity contribution in [3.63, 3.8) is 0 Å². The second-order valence-corrected chi connectivity index (χ2v) is 8.79. The molecule has 135 valence electrons. The van der Waals surface area contributed by atoms with E-state index in [1.807, 2.05) is 0 Å². The van der Waals surface area contributed by atoms with E-state index in [4.69, 9.17) is 19.4 Å². The van der Waals surface area contributed by atoms with E-state index in [0.29, 0.717) is 0 Å². The molecule has 0 unspecified atom stereocenters. The first-order chi connectivity index (χ1) is 10.5. The standard InChI is InChI=1S/2C10H15.2ClH.Rh/c2*1-6-7(2)9(4)10(5)8(6)3;;;/h2*1-5H3;2*1H;/q2*-1;;;+2/p-2. The van der Waals surface area contributed by atoms with Crippen molar-refractivity contribution in [1.82, 2.24) is 0 Å². The molecule has 0 saturated carbocycles. The van der Waals surface area contributed by atoms with Crippen molar-refractivity contribution >= 4 is 19.4 Å². The van der Waals surface area contributed by atoms with Crippen LogP contribution >= 0.6 is 19.4 Å². The van der Waals surface area contributed by atoms with Crippen LogP contribution in [-0.4, -0.2) is 0 Å². The zero-order valence-corrected chi connectivity index (χ0v) is 19.2.